The fourth-order valence-corrected chi connectivity index (χ4v) is 1.88. The van der Waals surface area contributed by atoms with Crippen LogP contribution in [0.3, 0.4) is 0 Å². The van der Waals surface area contributed by atoms with Crippen LogP contribution < -0.4 is 0 Å². The van der Waals surface area contributed by atoms with Gasteiger partial charge in [0.1, 0.15) is 11.0 Å². The van der Waals surface area contributed by atoms with Crippen molar-refractivity contribution in [1.29, 1.82) is 5.26 Å². The quantitative estimate of drug-likeness (QED) is 0.262. The number of aromatic nitrogens is 1. The standard InChI is InChI=1S/C14H19ClN4/c1-3-4-5-8-19(12(2)18-11-16)10-13-6-7-14(15)17-9-13/h6-7,9H,3-5,8,10H2,1-2H3. The SMILES string of the molecule is CCCCCN(Cc1ccc(Cl)nc1)C(C)=NC#N. The first-order valence-corrected chi connectivity index (χ1v) is 6.84. The van der Waals surface area contributed by atoms with E-state index in [9.17, 15) is 0 Å². The number of hydrogen-bond acceptors (Lipinski definition) is 3. The van der Waals surface area contributed by atoms with Crippen molar-refractivity contribution in [2.45, 2.75) is 39.7 Å². The summed E-state index contributed by atoms with van der Waals surface area (Å²) in [6.07, 6.45) is 7.04. The van der Waals surface area contributed by atoms with Crippen molar-refractivity contribution in [3.8, 4) is 6.19 Å². The van der Waals surface area contributed by atoms with Crippen molar-refractivity contribution in [2.24, 2.45) is 4.99 Å². The van der Waals surface area contributed by atoms with Gasteiger partial charge in [-0.1, -0.05) is 37.4 Å². The topological polar surface area (TPSA) is 52.3 Å². The second kappa shape index (κ2) is 8.49. The van der Waals surface area contributed by atoms with E-state index >= 15 is 0 Å². The number of hydrogen-bond donors (Lipinski definition) is 0. The fourth-order valence-electron chi connectivity index (χ4n) is 1.77. The van der Waals surface area contributed by atoms with Gasteiger partial charge in [0, 0.05) is 19.3 Å². The number of rotatable bonds is 6. The van der Waals surface area contributed by atoms with Crippen LogP contribution in [0, 0.1) is 11.5 Å². The number of amidine groups is 1. The largest absolute Gasteiger partial charge is 0.355 e. The third-order valence-electron chi connectivity index (χ3n) is 2.86. The minimum absolute atomic E-state index is 0.490. The molecule has 0 amide bonds. The Labute approximate surface area is 119 Å². The second-order valence-corrected chi connectivity index (χ2v) is 4.76. The molecular formula is C14H19ClN4. The van der Waals surface area contributed by atoms with Crippen molar-refractivity contribution in [3.63, 3.8) is 0 Å². The van der Waals surface area contributed by atoms with Crippen LogP contribution in [-0.4, -0.2) is 22.3 Å². The van der Waals surface area contributed by atoms with Gasteiger partial charge in [0.15, 0.2) is 0 Å². The van der Waals surface area contributed by atoms with Gasteiger partial charge < -0.3 is 4.90 Å². The molecule has 0 aliphatic carbocycles. The predicted molar refractivity (Wildman–Crippen MR) is 77.9 cm³/mol. The van der Waals surface area contributed by atoms with E-state index < -0.39 is 0 Å². The van der Waals surface area contributed by atoms with Gasteiger partial charge in [0.25, 0.3) is 0 Å². The Morgan fingerprint density at radius 3 is 2.84 bits per heavy atom. The summed E-state index contributed by atoms with van der Waals surface area (Å²) in [4.78, 5) is 9.99. The van der Waals surface area contributed by atoms with Crippen LogP contribution in [0.4, 0.5) is 0 Å². The summed E-state index contributed by atoms with van der Waals surface area (Å²) in [5.41, 5.74) is 1.06. The van der Waals surface area contributed by atoms with Gasteiger partial charge in [-0.2, -0.15) is 10.3 Å². The van der Waals surface area contributed by atoms with E-state index in [2.05, 4.69) is 21.8 Å². The molecule has 0 atom stereocenters. The monoisotopic (exact) mass is 278 g/mol. The van der Waals surface area contributed by atoms with E-state index in [1.807, 2.05) is 19.2 Å². The van der Waals surface area contributed by atoms with Crippen LogP contribution in [0.1, 0.15) is 38.7 Å². The highest BCUT2D eigenvalue weighted by Crippen LogP contribution is 2.10. The van der Waals surface area contributed by atoms with E-state index in [-0.39, 0.29) is 0 Å². The Morgan fingerprint density at radius 1 is 1.47 bits per heavy atom. The summed E-state index contributed by atoms with van der Waals surface area (Å²) >= 11 is 5.77. The molecule has 0 saturated heterocycles. The molecule has 5 heteroatoms. The summed E-state index contributed by atoms with van der Waals surface area (Å²) in [5, 5.41) is 9.16. The zero-order valence-corrected chi connectivity index (χ0v) is 12.2. The molecule has 0 aliphatic heterocycles. The van der Waals surface area contributed by atoms with Crippen LogP contribution >= 0.6 is 11.6 Å². The molecule has 0 fully saturated rings. The summed E-state index contributed by atoms with van der Waals surface area (Å²) < 4.78 is 0. The van der Waals surface area contributed by atoms with Crippen LogP contribution in [0.15, 0.2) is 23.3 Å². The zero-order valence-electron chi connectivity index (χ0n) is 11.4. The molecule has 0 aromatic carbocycles. The van der Waals surface area contributed by atoms with Gasteiger partial charge in [-0.15, -0.1) is 0 Å². The summed E-state index contributed by atoms with van der Waals surface area (Å²) in [7, 11) is 0. The van der Waals surface area contributed by atoms with Gasteiger partial charge in [0.2, 0.25) is 6.19 Å². The van der Waals surface area contributed by atoms with Crippen molar-refractivity contribution in [1.82, 2.24) is 9.88 Å². The smallest absolute Gasteiger partial charge is 0.207 e. The van der Waals surface area contributed by atoms with Crippen LogP contribution in [0.2, 0.25) is 5.15 Å². The number of halogens is 1. The third-order valence-corrected chi connectivity index (χ3v) is 3.09. The Kier molecular flexibility index (Phi) is 6.91. The number of nitriles is 1. The second-order valence-electron chi connectivity index (χ2n) is 4.38. The van der Waals surface area contributed by atoms with E-state index in [0.717, 1.165) is 24.4 Å². The number of pyridine rings is 1. The zero-order chi connectivity index (χ0) is 14.1. The van der Waals surface area contributed by atoms with E-state index in [4.69, 9.17) is 16.9 Å². The number of unbranched alkanes of at least 4 members (excludes halogenated alkanes) is 2. The molecule has 19 heavy (non-hydrogen) atoms. The molecule has 0 unspecified atom stereocenters. The lowest BCUT2D eigenvalue weighted by molar-refractivity contribution is 0.395. The first kappa shape index (κ1) is 15.5. The van der Waals surface area contributed by atoms with Crippen LogP contribution in [0.25, 0.3) is 0 Å². The Bertz CT molecular complexity index is 448. The molecular weight excluding hydrogens is 260 g/mol. The van der Waals surface area contributed by atoms with Crippen molar-refractivity contribution in [3.05, 3.63) is 29.0 Å². The van der Waals surface area contributed by atoms with Crippen molar-refractivity contribution in [2.75, 3.05) is 6.54 Å². The highest BCUT2D eigenvalue weighted by molar-refractivity contribution is 6.29. The Hall–Kier alpha value is -1.60. The van der Waals surface area contributed by atoms with Crippen molar-refractivity contribution >= 4 is 17.4 Å². The first-order valence-electron chi connectivity index (χ1n) is 6.46. The van der Waals surface area contributed by atoms with Crippen molar-refractivity contribution < 1.29 is 0 Å². The molecule has 0 bridgehead atoms. The molecule has 1 aromatic heterocycles. The molecule has 1 heterocycles. The highest BCUT2D eigenvalue weighted by Gasteiger charge is 2.08. The molecule has 0 saturated carbocycles. The van der Waals surface area contributed by atoms with Crippen LogP contribution in [-0.2, 0) is 6.54 Å². The van der Waals surface area contributed by atoms with Gasteiger partial charge in [-0.3, -0.25) is 0 Å². The molecule has 1 rings (SSSR count). The lowest BCUT2D eigenvalue weighted by atomic mass is 10.2. The Morgan fingerprint density at radius 2 is 2.26 bits per heavy atom. The lowest BCUT2D eigenvalue weighted by Crippen LogP contribution is -2.29. The summed E-state index contributed by atoms with van der Waals surface area (Å²) in [6.45, 7) is 5.63. The first-order chi connectivity index (χ1) is 9.17. The molecule has 102 valence electrons. The average molecular weight is 279 g/mol. The molecule has 0 N–H and O–H groups in total. The maximum absolute atomic E-state index is 8.67. The molecule has 4 nitrogen and oxygen atoms in total. The van der Waals surface area contributed by atoms with E-state index in [1.54, 1.807) is 12.3 Å². The summed E-state index contributed by atoms with van der Waals surface area (Å²) in [5.74, 6) is 0.744. The molecule has 0 radical (unpaired) electrons. The number of aliphatic imine (C=N–C) groups is 1. The highest BCUT2D eigenvalue weighted by atomic mass is 35.5. The van der Waals surface area contributed by atoms with E-state index in [0.29, 0.717) is 11.7 Å². The molecule has 1 aromatic rings. The lowest BCUT2D eigenvalue weighted by Gasteiger charge is -2.23. The maximum atomic E-state index is 8.67. The van der Waals surface area contributed by atoms with Gasteiger partial charge in [-0.25, -0.2) is 4.98 Å². The van der Waals surface area contributed by atoms with Gasteiger partial charge in [-0.05, 0) is 25.0 Å². The summed E-state index contributed by atoms with van der Waals surface area (Å²) in [6, 6.07) is 3.72. The maximum Gasteiger partial charge on any atom is 0.207 e. The average Bonchev–Trinajstić information content (AvgIpc) is 2.40. The van der Waals surface area contributed by atoms with Gasteiger partial charge in [0.05, 0.1) is 0 Å². The Balaban J connectivity index is 2.70. The van der Waals surface area contributed by atoms with Gasteiger partial charge >= 0.3 is 0 Å². The normalized spacial score (nSPS) is 11.2. The van der Waals surface area contributed by atoms with Crippen LogP contribution in [0.5, 0.6) is 0 Å². The predicted octanol–water partition coefficient (Wildman–Crippen LogP) is 3.63. The molecule has 0 spiro atoms. The third kappa shape index (κ3) is 5.71. The minimum Gasteiger partial charge on any atom is -0.355 e. The minimum atomic E-state index is 0.490. The fraction of sp³-hybridized carbons (Fsp3) is 0.500. The van der Waals surface area contributed by atoms with E-state index in [1.165, 1.54) is 12.8 Å². The molecule has 0 aliphatic rings. The number of nitrogens with zero attached hydrogens (tertiary/aromatic N) is 4.